The molecule has 9 nitrogen and oxygen atoms in total. The number of quaternary nitrogens is 1. The number of carbonyl (C=O) groups is 2. The molecule has 0 bridgehead atoms. The normalized spacial score (nSPS) is 12.5. The lowest BCUT2D eigenvalue weighted by molar-refractivity contribution is -0.531. The van der Waals surface area contributed by atoms with E-state index in [2.05, 4.69) is 20.8 Å². The Hall–Kier alpha value is -4.36. The molecule has 3 aromatic rings. The molecule has 6 N–H and O–H groups in total. The molecule has 0 aliphatic heterocycles. The van der Waals surface area contributed by atoms with Gasteiger partial charge in [0.1, 0.15) is 5.71 Å². The molecule has 0 saturated heterocycles. The number of nitrogens with zero attached hydrogens (tertiary/aromatic N) is 2. The summed E-state index contributed by atoms with van der Waals surface area (Å²) < 4.78 is 38.5. The Morgan fingerprint density at radius 3 is 2.24 bits per heavy atom. The molecule has 0 fully saturated rings. The van der Waals surface area contributed by atoms with Crippen molar-refractivity contribution >= 4 is 40.3 Å². The molecule has 13 heteroatoms. The highest BCUT2D eigenvalue weighted by Crippen LogP contribution is 2.29. The van der Waals surface area contributed by atoms with Crippen LogP contribution in [0.3, 0.4) is 0 Å². The Balaban J connectivity index is 1.65. The number of halogens is 3. The summed E-state index contributed by atoms with van der Waals surface area (Å²) in [5.41, 5.74) is 2.23. The molecule has 2 aromatic heterocycles. The van der Waals surface area contributed by atoms with Gasteiger partial charge in [-0.05, 0) is 61.0 Å². The highest BCUT2D eigenvalue weighted by molar-refractivity contribution is 7.15. The van der Waals surface area contributed by atoms with Gasteiger partial charge in [-0.25, -0.2) is 5.43 Å². The third-order valence-corrected chi connectivity index (χ3v) is 6.33. The number of rotatable bonds is 9. The molecule has 0 aliphatic carbocycles. The number of hydrogen-bond acceptors (Lipinski definition) is 7. The molecule has 0 radical (unpaired) electrons. The van der Waals surface area contributed by atoms with Crippen LogP contribution < -0.4 is 16.1 Å². The zero-order valence-electron chi connectivity index (χ0n) is 20.3. The first-order valence-electron chi connectivity index (χ1n) is 11.1. The minimum absolute atomic E-state index is 0.0472. The summed E-state index contributed by atoms with van der Waals surface area (Å²) in [4.78, 5) is 29.3. The summed E-state index contributed by atoms with van der Waals surface area (Å²) in [5.74, 6) is -1.50. The Labute approximate surface area is 219 Å². The van der Waals surface area contributed by atoms with Crippen LogP contribution in [0.5, 0.6) is 0 Å². The number of nitrogens with two attached hydrogens (primary N) is 1. The molecular weight excluding hydrogens is 521 g/mol. The third kappa shape index (κ3) is 7.11. The number of allylic oxidation sites excluding steroid dienone is 1. The van der Waals surface area contributed by atoms with E-state index >= 15 is 0 Å². The topological polar surface area (TPSA) is 144 Å². The summed E-state index contributed by atoms with van der Waals surface area (Å²) >= 11 is 0.956. The highest BCUT2D eigenvalue weighted by Gasteiger charge is 2.30. The molecule has 0 atom stereocenters. The van der Waals surface area contributed by atoms with Gasteiger partial charge in [-0.1, -0.05) is 0 Å². The van der Waals surface area contributed by atoms with Crippen molar-refractivity contribution in [3.63, 3.8) is 0 Å². The summed E-state index contributed by atoms with van der Waals surface area (Å²) in [5, 5.41) is 26.8. The molecule has 0 spiro atoms. The van der Waals surface area contributed by atoms with Gasteiger partial charge in [0.25, 0.3) is 11.8 Å². The smallest absolute Gasteiger partial charge is 0.416 e. The van der Waals surface area contributed by atoms with Crippen molar-refractivity contribution in [1.82, 2.24) is 15.7 Å². The lowest BCUT2D eigenvalue weighted by Crippen LogP contribution is -2.76. The number of pyridine rings is 1. The zero-order valence-corrected chi connectivity index (χ0v) is 21.1. The Morgan fingerprint density at radius 2 is 1.66 bits per heavy atom. The van der Waals surface area contributed by atoms with Crippen molar-refractivity contribution in [2.75, 3.05) is 7.05 Å². The molecule has 0 unspecified atom stereocenters. The van der Waals surface area contributed by atoms with Gasteiger partial charge < -0.3 is 15.7 Å². The first kappa shape index (κ1) is 28.2. The van der Waals surface area contributed by atoms with Gasteiger partial charge in [0, 0.05) is 24.5 Å². The fourth-order valence-electron chi connectivity index (χ4n) is 3.18. The first-order chi connectivity index (χ1) is 18.0. The van der Waals surface area contributed by atoms with Crippen LogP contribution in [0.15, 0.2) is 71.8 Å². The van der Waals surface area contributed by atoms with E-state index in [0.29, 0.717) is 11.4 Å². The minimum Gasteiger partial charge on any atom is -0.501 e. The quantitative estimate of drug-likeness (QED) is 0.160. The van der Waals surface area contributed by atoms with E-state index in [1.807, 2.05) is 0 Å². The number of aliphatic hydroxyl groups is 1. The number of amides is 2. The summed E-state index contributed by atoms with van der Waals surface area (Å²) in [6, 6.07) is 10.6. The van der Waals surface area contributed by atoms with Crippen LogP contribution in [0.4, 0.5) is 13.2 Å². The number of thiophene rings is 1. The molecular formula is C25H24F3N6O3S+. The van der Waals surface area contributed by atoms with Crippen LogP contribution in [0.25, 0.3) is 5.70 Å². The molecule has 2 heterocycles. The lowest BCUT2D eigenvalue weighted by Gasteiger charge is -2.10. The molecule has 2 amide bonds. The van der Waals surface area contributed by atoms with E-state index in [-0.39, 0.29) is 27.8 Å². The molecule has 1 aromatic carbocycles. The number of carbonyl (C=O) groups excluding carboxylic acids is 2. The minimum atomic E-state index is -4.50. The zero-order chi connectivity index (χ0) is 27.9. The third-order valence-electron chi connectivity index (χ3n) is 5.25. The van der Waals surface area contributed by atoms with Crippen LogP contribution in [0.2, 0.25) is 0 Å². The Morgan fingerprint density at radius 1 is 1.05 bits per heavy atom. The average Bonchev–Trinajstić information content (AvgIpc) is 3.41. The molecule has 3 rings (SSSR count). The highest BCUT2D eigenvalue weighted by atomic mass is 32.1. The Bertz CT molecular complexity index is 1380. The van der Waals surface area contributed by atoms with Crippen molar-refractivity contribution in [2.24, 2.45) is 5.10 Å². The lowest BCUT2D eigenvalue weighted by atomic mass is 10.1. The van der Waals surface area contributed by atoms with E-state index in [1.165, 1.54) is 36.5 Å². The van der Waals surface area contributed by atoms with Crippen molar-refractivity contribution < 1.29 is 33.2 Å². The maximum Gasteiger partial charge on any atom is 0.416 e. The van der Waals surface area contributed by atoms with Gasteiger partial charge in [0.15, 0.2) is 5.70 Å². The number of nitrogens with one attached hydrogen (secondary N) is 3. The SMILES string of the molecule is C[NH2+]C(=C(O)C(=N)C(C)=NNC(=O)c1ccc(C(=O)NCc2ccncc2)s1)c1ccc(C(F)(F)F)cc1. The van der Waals surface area contributed by atoms with Gasteiger partial charge in [-0.3, -0.25) is 20.0 Å². The van der Waals surface area contributed by atoms with Crippen LogP contribution in [0, 0.1) is 5.41 Å². The predicted octanol–water partition coefficient (Wildman–Crippen LogP) is 3.34. The average molecular weight is 546 g/mol. The van der Waals surface area contributed by atoms with Crippen molar-refractivity contribution in [3.05, 3.63) is 93.1 Å². The van der Waals surface area contributed by atoms with Crippen LogP contribution in [-0.4, -0.2) is 40.4 Å². The number of benzene rings is 1. The standard InChI is InChI=1S/C25H23F3N6O3S/c1-14(20(29)22(35)21(30-2)16-3-5-17(6-4-16)25(26,27)28)33-34-24(37)19-8-7-18(38-19)23(36)32-13-15-9-11-31-12-10-15/h3-12,29-30,35H,13H2,1-2H3,(H,32,36)(H,34,37)/p+1. The van der Waals surface area contributed by atoms with Crippen LogP contribution in [0.1, 0.15) is 43.0 Å². The van der Waals surface area contributed by atoms with Gasteiger partial charge >= 0.3 is 6.18 Å². The summed E-state index contributed by atoms with van der Waals surface area (Å²) in [7, 11) is 1.56. The number of hydrogen-bond donors (Lipinski definition) is 5. The molecule has 0 saturated carbocycles. The summed E-state index contributed by atoms with van der Waals surface area (Å²) in [6.07, 6.45) is -1.27. The van der Waals surface area contributed by atoms with E-state index in [0.717, 1.165) is 29.0 Å². The maximum atomic E-state index is 12.8. The fourth-order valence-corrected chi connectivity index (χ4v) is 3.99. The van der Waals surface area contributed by atoms with Crippen molar-refractivity contribution in [2.45, 2.75) is 19.6 Å². The van der Waals surface area contributed by atoms with E-state index in [9.17, 15) is 27.9 Å². The van der Waals surface area contributed by atoms with Crippen molar-refractivity contribution in [3.8, 4) is 0 Å². The maximum absolute atomic E-state index is 12.8. The van der Waals surface area contributed by atoms with Crippen molar-refractivity contribution in [1.29, 1.82) is 5.41 Å². The molecule has 198 valence electrons. The number of alkyl halides is 3. The monoisotopic (exact) mass is 545 g/mol. The largest absolute Gasteiger partial charge is 0.501 e. The van der Waals surface area contributed by atoms with E-state index in [4.69, 9.17) is 5.41 Å². The fraction of sp³-hybridized carbons (Fsp3) is 0.160. The Kier molecular flexibility index (Phi) is 9.10. The van der Waals surface area contributed by atoms with Gasteiger partial charge in [-0.15, -0.1) is 11.3 Å². The van der Waals surface area contributed by atoms with Gasteiger partial charge in [0.05, 0.1) is 28.1 Å². The second kappa shape index (κ2) is 12.3. The predicted molar refractivity (Wildman–Crippen MR) is 137 cm³/mol. The van der Waals surface area contributed by atoms with Crippen LogP contribution >= 0.6 is 11.3 Å². The second-order valence-corrected chi connectivity index (χ2v) is 8.93. The number of aromatic nitrogens is 1. The molecule has 0 aliphatic rings. The molecule has 38 heavy (non-hydrogen) atoms. The number of aliphatic hydroxyl groups excluding tert-OH is 1. The summed E-state index contributed by atoms with van der Waals surface area (Å²) in [6.45, 7) is 1.68. The number of hydrazone groups is 1. The van der Waals surface area contributed by atoms with Crippen LogP contribution in [-0.2, 0) is 12.7 Å². The van der Waals surface area contributed by atoms with Gasteiger partial charge in [-0.2, -0.15) is 18.3 Å². The second-order valence-electron chi connectivity index (χ2n) is 7.84. The first-order valence-corrected chi connectivity index (χ1v) is 11.9. The van der Waals surface area contributed by atoms with E-state index < -0.39 is 29.1 Å². The van der Waals surface area contributed by atoms with Gasteiger partial charge in [0.2, 0.25) is 5.76 Å². The van der Waals surface area contributed by atoms with E-state index in [1.54, 1.807) is 31.6 Å².